The molecule has 27 heavy (non-hydrogen) atoms. The molecule has 2 atom stereocenters. The van der Waals surface area contributed by atoms with Crippen molar-refractivity contribution < 1.29 is 9.21 Å². The van der Waals surface area contributed by atoms with E-state index in [4.69, 9.17) is 4.42 Å². The van der Waals surface area contributed by atoms with E-state index < -0.39 is 0 Å². The molecule has 1 saturated heterocycles. The molecule has 0 bridgehead atoms. The molecular weight excluding hydrogens is 364 g/mol. The molecule has 1 fully saturated rings. The zero-order chi connectivity index (χ0) is 17.8. The van der Waals surface area contributed by atoms with Crippen LogP contribution in [0.5, 0.6) is 0 Å². The number of rotatable bonds is 5. The molecule has 0 saturated carbocycles. The zero-order valence-corrected chi connectivity index (χ0v) is 15.7. The Morgan fingerprint density at radius 3 is 2.78 bits per heavy atom. The molecule has 6 nitrogen and oxygen atoms in total. The number of nitrogens with one attached hydrogen (secondary N) is 2. The van der Waals surface area contributed by atoms with Crippen LogP contribution in [0.25, 0.3) is 0 Å². The van der Waals surface area contributed by atoms with Gasteiger partial charge in [-0.1, -0.05) is 30.3 Å². The van der Waals surface area contributed by atoms with Gasteiger partial charge in [0.2, 0.25) is 0 Å². The van der Waals surface area contributed by atoms with Crippen LogP contribution >= 0.6 is 12.4 Å². The third-order valence-electron chi connectivity index (χ3n) is 4.72. The second-order valence-corrected chi connectivity index (χ2v) is 6.51. The lowest BCUT2D eigenvalue weighted by molar-refractivity contribution is 0.0932. The van der Waals surface area contributed by atoms with Crippen LogP contribution < -0.4 is 10.6 Å². The largest absolute Gasteiger partial charge is 0.467 e. The topological polar surface area (TPSA) is 72.1 Å². The van der Waals surface area contributed by atoms with Gasteiger partial charge in [-0.25, -0.2) is 0 Å². The molecule has 0 radical (unpaired) electrons. The lowest BCUT2D eigenvalue weighted by Crippen LogP contribution is -2.32. The number of carbonyl (C=O) groups excluding carboxylic acids is 1. The predicted molar refractivity (Wildman–Crippen MR) is 105 cm³/mol. The summed E-state index contributed by atoms with van der Waals surface area (Å²) in [5.41, 5.74) is 1.38. The summed E-state index contributed by atoms with van der Waals surface area (Å²) in [5, 5.41) is 10.9. The Balaban J connectivity index is 0.00000210. The normalized spacial score (nSPS) is 17.7. The average Bonchev–Trinajstić information content (AvgIpc) is 3.39. The smallest absolute Gasteiger partial charge is 0.272 e. The first-order valence-corrected chi connectivity index (χ1v) is 8.96. The van der Waals surface area contributed by atoms with Gasteiger partial charge in [-0.05, 0) is 43.1 Å². The minimum absolute atomic E-state index is 0. The van der Waals surface area contributed by atoms with Gasteiger partial charge in [-0.2, -0.15) is 5.10 Å². The number of furan rings is 1. The molecular formula is C20H23ClN4O2. The molecule has 1 aliphatic heterocycles. The lowest BCUT2D eigenvalue weighted by Gasteiger charge is -2.23. The average molecular weight is 387 g/mol. The quantitative estimate of drug-likeness (QED) is 0.705. The number of nitrogens with zero attached hydrogens (tertiary/aromatic N) is 2. The van der Waals surface area contributed by atoms with Crippen molar-refractivity contribution in [1.82, 2.24) is 20.4 Å². The van der Waals surface area contributed by atoms with E-state index in [1.54, 1.807) is 12.3 Å². The van der Waals surface area contributed by atoms with Crippen LogP contribution in [0.15, 0.2) is 65.4 Å². The first-order valence-electron chi connectivity index (χ1n) is 8.96. The summed E-state index contributed by atoms with van der Waals surface area (Å²) in [6, 6.07) is 15.2. The molecule has 0 aliphatic carbocycles. The first kappa shape index (κ1) is 19.2. The standard InChI is InChI=1S/C20H22N4O2.ClH/c25-20(17-10-12-24(23-17)16-8-4-11-21-14-16)22-19(18-9-5-13-26-18)15-6-2-1-3-7-15;/h1-3,5-7,9-10,12-13,16,19,21H,4,8,11,14H2,(H,22,25);1H. The molecule has 2 N–H and O–H groups in total. The predicted octanol–water partition coefficient (Wildman–Crippen LogP) is 3.34. The van der Waals surface area contributed by atoms with E-state index in [1.807, 2.05) is 53.3 Å². The Morgan fingerprint density at radius 2 is 2.07 bits per heavy atom. The van der Waals surface area contributed by atoms with Gasteiger partial charge in [-0.15, -0.1) is 12.4 Å². The van der Waals surface area contributed by atoms with Gasteiger partial charge in [0.25, 0.3) is 5.91 Å². The van der Waals surface area contributed by atoms with Crippen molar-refractivity contribution in [3.63, 3.8) is 0 Å². The summed E-state index contributed by atoms with van der Waals surface area (Å²) in [6.45, 7) is 1.94. The summed E-state index contributed by atoms with van der Waals surface area (Å²) in [6.07, 6.45) is 5.70. The van der Waals surface area contributed by atoms with Crippen molar-refractivity contribution in [3.05, 3.63) is 78.0 Å². The van der Waals surface area contributed by atoms with Crippen molar-refractivity contribution in [2.24, 2.45) is 0 Å². The van der Waals surface area contributed by atoms with Gasteiger partial charge in [0.05, 0.1) is 12.3 Å². The van der Waals surface area contributed by atoms with Crippen molar-refractivity contribution >= 4 is 18.3 Å². The highest BCUT2D eigenvalue weighted by atomic mass is 35.5. The van der Waals surface area contributed by atoms with Gasteiger partial charge < -0.3 is 15.1 Å². The molecule has 2 unspecified atom stereocenters. The summed E-state index contributed by atoms with van der Waals surface area (Å²) in [7, 11) is 0. The fourth-order valence-corrected chi connectivity index (χ4v) is 3.35. The molecule has 1 aromatic carbocycles. The number of hydrogen-bond acceptors (Lipinski definition) is 4. The fraction of sp³-hybridized carbons (Fsp3) is 0.300. The molecule has 3 heterocycles. The van der Waals surface area contributed by atoms with Gasteiger partial charge in [0.15, 0.2) is 0 Å². The Hall–Kier alpha value is -2.57. The lowest BCUT2D eigenvalue weighted by atomic mass is 10.0. The number of amides is 1. The minimum atomic E-state index is -0.347. The Labute approximate surface area is 164 Å². The highest BCUT2D eigenvalue weighted by molar-refractivity contribution is 5.92. The highest BCUT2D eigenvalue weighted by Gasteiger charge is 2.22. The summed E-state index contributed by atoms with van der Waals surface area (Å²) >= 11 is 0. The molecule has 4 rings (SSSR count). The minimum Gasteiger partial charge on any atom is -0.467 e. The molecule has 2 aromatic heterocycles. The van der Waals surface area contributed by atoms with Gasteiger partial charge >= 0.3 is 0 Å². The Kier molecular flexibility index (Phi) is 6.32. The fourth-order valence-electron chi connectivity index (χ4n) is 3.35. The number of aromatic nitrogens is 2. The van der Waals surface area contributed by atoms with E-state index in [1.165, 1.54) is 0 Å². The van der Waals surface area contributed by atoms with Gasteiger partial charge in [0.1, 0.15) is 17.5 Å². The number of hydrogen-bond donors (Lipinski definition) is 2. The van der Waals surface area contributed by atoms with E-state index in [9.17, 15) is 4.79 Å². The van der Waals surface area contributed by atoms with Crippen molar-refractivity contribution in [2.45, 2.75) is 24.9 Å². The van der Waals surface area contributed by atoms with Gasteiger partial charge in [-0.3, -0.25) is 9.48 Å². The van der Waals surface area contributed by atoms with E-state index >= 15 is 0 Å². The van der Waals surface area contributed by atoms with Crippen LogP contribution in [-0.2, 0) is 0 Å². The second-order valence-electron chi connectivity index (χ2n) is 6.51. The van der Waals surface area contributed by atoms with E-state index in [0.29, 0.717) is 17.5 Å². The maximum absolute atomic E-state index is 12.8. The van der Waals surface area contributed by atoms with Crippen LogP contribution in [0.4, 0.5) is 0 Å². The molecule has 142 valence electrons. The van der Waals surface area contributed by atoms with Crippen LogP contribution in [0, 0.1) is 0 Å². The molecule has 7 heteroatoms. The third-order valence-corrected chi connectivity index (χ3v) is 4.72. The van der Waals surface area contributed by atoms with Crippen LogP contribution in [0.3, 0.4) is 0 Å². The van der Waals surface area contributed by atoms with Crippen LogP contribution in [-0.4, -0.2) is 28.8 Å². The van der Waals surface area contributed by atoms with Gasteiger partial charge in [0, 0.05) is 12.7 Å². The monoisotopic (exact) mass is 386 g/mol. The summed E-state index contributed by atoms with van der Waals surface area (Å²) in [5.74, 6) is 0.484. The first-order chi connectivity index (χ1) is 12.8. The second kappa shape index (κ2) is 8.88. The Morgan fingerprint density at radius 1 is 1.22 bits per heavy atom. The number of benzene rings is 1. The van der Waals surface area contributed by atoms with Crippen molar-refractivity contribution in [2.75, 3.05) is 13.1 Å². The highest BCUT2D eigenvalue weighted by Crippen LogP contribution is 2.23. The van der Waals surface area contributed by atoms with Crippen molar-refractivity contribution in [3.8, 4) is 0 Å². The van der Waals surface area contributed by atoms with Crippen LogP contribution in [0.1, 0.15) is 46.7 Å². The number of piperidine rings is 1. The van der Waals surface area contributed by atoms with E-state index in [2.05, 4.69) is 15.7 Å². The van der Waals surface area contributed by atoms with E-state index in [-0.39, 0.29) is 24.4 Å². The maximum Gasteiger partial charge on any atom is 0.272 e. The van der Waals surface area contributed by atoms with Crippen LogP contribution in [0.2, 0.25) is 0 Å². The molecule has 1 aliphatic rings. The summed E-state index contributed by atoms with van der Waals surface area (Å²) < 4.78 is 7.43. The van der Waals surface area contributed by atoms with Crippen molar-refractivity contribution in [1.29, 1.82) is 0 Å². The summed E-state index contributed by atoms with van der Waals surface area (Å²) in [4.78, 5) is 12.8. The molecule has 0 spiro atoms. The zero-order valence-electron chi connectivity index (χ0n) is 14.9. The Bertz CT molecular complexity index is 842. The molecule has 3 aromatic rings. The third kappa shape index (κ3) is 4.40. The molecule has 1 amide bonds. The van der Waals surface area contributed by atoms with E-state index in [0.717, 1.165) is 31.5 Å². The maximum atomic E-state index is 12.8. The number of carbonyl (C=O) groups is 1. The SMILES string of the molecule is Cl.O=C(NC(c1ccccc1)c1ccco1)c1ccn(C2CCCNC2)n1. The number of halogens is 1.